The number of hydrogen-bond acceptors (Lipinski definition) is 7. The van der Waals surface area contributed by atoms with E-state index in [0.717, 1.165) is 0 Å². The molecule has 0 spiro atoms. The molecule has 118 valence electrons. The van der Waals surface area contributed by atoms with Gasteiger partial charge in [0.05, 0.1) is 0 Å². The number of ether oxygens (including phenoxy) is 2. The SMILES string of the molecule is C/C=C/CC(C)C(=O)c1c(O)c(OC=O)c(OC=O)[nH]c1=O. The molecule has 0 saturated carbocycles. The van der Waals surface area contributed by atoms with Crippen molar-refractivity contribution < 1.29 is 29.0 Å². The van der Waals surface area contributed by atoms with E-state index in [4.69, 9.17) is 0 Å². The Hall–Kier alpha value is -2.90. The Morgan fingerprint density at radius 2 is 1.95 bits per heavy atom. The van der Waals surface area contributed by atoms with Crippen LogP contribution >= 0.6 is 0 Å². The molecule has 0 aromatic carbocycles. The molecule has 0 aliphatic rings. The Bertz CT molecular complexity index is 660. The molecule has 8 heteroatoms. The van der Waals surface area contributed by atoms with Gasteiger partial charge in [-0.25, -0.2) is 0 Å². The number of allylic oxidation sites excluding steroid dienone is 2. The molecule has 1 aromatic heterocycles. The van der Waals surface area contributed by atoms with E-state index in [1.54, 1.807) is 26.0 Å². The maximum Gasteiger partial charge on any atom is 0.299 e. The van der Waals surface area contributed by atoms with Gasteiger partial charge in [0.15, 0.2) is 11.5 Å². The smallest absolute Gasteiger partial charge is 0.299 e. The first-order valence-corrected chi connectivity index (χ1v) is 6.33. The quantitative estimate of drug-likeness (QED) is 0.416. The molecule has 0 fully saturated rings. The van der Waals surface area contributed by atoms with Crippen LogP contribution in [0.25, 0.3) is 0 Å². The normalized spacial score (nSPS) is 11.9. The van der Waals surface area contributed by atoms with Gasteiger partial charge in [-0.1, -0.05) is 19.1 Å². The first kappa shape index (κ1) is 17.2. The average Bonchev–Trinajstić information content (AvgIpc) is 2.48. The summed E-state index contributed by atoms with van der Waals surface area (Å²) in [7, 11) is 0. The number of Topliss-reactive ketones (excluding diaryl/α,β-unsaturated/α-hetero) is 1. The number of aromatic amines is 1. The molecule has 1 unspecified atom stereocenters. The van der Waals surface area contributed by atoms with Crippen LogP contribution in [0.15, 0.2) is 16.9 Å². The fourth-order valence-corrected chi connectivity index (χ4v) is 1.76. The second kappa shape index (κ2) is 7.77. The summed E-state index contributed by atoms with van der Waals surface area (Å²) in [4.78, 5) is 47.1. The summed E-state index contributed by atoms with van der Waals surface area (Å²) < 4.78 is 8.89. The lowest BCUT2D eigenvalue weighted by molar-refractivity contribution is -0.123. The van der Waals surface area contributed by atoms with Gasteiger partial charge in [-0.3, -0.25) is 24.2 Å². The van der Waals surface area contributed by atoms with E-state index in [1.165, 1.54) is 0 Å². The highest BCUT2D eigenvalue weighted by Gasteiger charge is 2.27. The zero-order valence-corrected chi connectivity index (χ0v) is 12.0. The van der Waals surface area contributed by atoms with Crippen LogP contribution in [-0.2, 0) is 9.59 Å². The molecule has 1 heterocycles. The predicted octanol–water partition coefficient (Wildman–Crippen LogP) is 0.936. The van der Waals surface area contributed by atoms with E-state index >= 15 is 0 Å². The predicted molar refractivity (Wildman–Crippen MR) is 75.0 cm³/mol. The maximum absolute atomic E-state index is 12.2. The molecule has 0 radical (unpaired) electrons. The van der Waals surface area contributed by atoms with Gasteiger partial charge in [-0.15, -0.1) is 0 Å². The number of carbonyl (C=O) groups is 3. The Kier molecular flexibility index (Phi) is 6.06. The minimum absolute atomic E-state index is 0.0292. The highest BCUT2D eigenvalue weighted by molar-refractivity contribution is 6.00. The maximum atomic E-state index is 12.2. The van der Waals surface area contributed by atoms with E-state index in [0.29, 0.717) is 6.42 Å². The van der Waals surface area contributed by atoms with Crippen LogP contribution in [0.3, 0.4) is 0 Å². The van der Waals surface area contributed by atoms with Gasteiger partial charge in [-0.2, -0.15) is 0 Å². The van der Waals surface area contributed by atoms with Crippen molar-refractivity contribution in [1.29, 1.82) is 0 Å². The minimum Gasteiger partial charge on any atom is -0.503 e. The van der Waals surface area contributed by atoms with Gasteiger partial charge < -0.3 is 14.6 Å². The molecular weight excluding hydrogens is 294 g/mol. The van der Waals surface area contributed by atoms with Gasteiger partial charge in [-0.05, 0) is 13.3 Å². The molecule has 2 N–H and O–H groups in total. The number of aromatic hydroxyl groups is 1. The number of rotatable bonds is 8. The van der Waals surface area contributed by atoms with E-state index < -0.39 is 40.2 Å². The van der Waals surface area contributed by atoms with Crippen molar-refractivity contribution >= 4 is 18.7 Å². The molecular formula is C14H15NO7. The highest BCUT2D eigenvalue weighted by Crippen LogP contribution is 2.36. The summed E-state index contributed by atoms with van der Waals surface area (Å²) in [5, 5.41) is 10.0. The molecule has 1 rings (SSSR count). The first-order chi connectivity index (χ1) is 10.5. The summed E-state index contributed by atoms with van der Waals surface area (Å²) in [6, 6.07) is 0. The van der Waals surface area contributed by atoms with Gasteiger partial charge >= 0.3 is 0 Å². The number of aromatic nitrogens is 1. The summed E-state index contributed by atoms with van der Waals surface area (Å²) in [6.07, 6.45) is 3.85. The first-order valence-electron chi connectivity index (χ1n) is 6.33. The number of H-pyrrole nitrogens is 1. The summed E-state index contributed by atoms with van der Waals surface area (Å²) >= 11 is 0. The van der Waals surface area contributed by atoms with Crippen LogP contribution in [-0.4, -0.2) is 28.8 Å². The number of hydrogen-bond donors (Lipinski definition) is 2. The third-order valence-corrected chi connectivity index (χ3v) is 2.86. The molecule has 0 aliphatic heterocycles. The lowest BCUT2D eigenvalue weighted by Crippen LogP contribution is -2.23. The molecule has 8 nitrogen and oxygen atoms in total. The lowest BCUT2D eigenvalue weighted by Gasteiger charge is -2.12. The lowest BCUT2D eigenvalue weighted by atomic mass is 9.96. The zero-order chi connectivity index (χ0) is 16.7. The summed E-state index contributed by atoms with van der Waals surface area (Å²) in [6.45, 7) is 3.29. The largest absolute Gasteiger partial charge is 0.503 e. The molecule has 22 heavy (non-hydrogen) atoms. The zero-order valence-electron chi connectivity index (χ0n) is 12.0. The van der Waals surface area contributed by atoms with Crippen LogP contribution < -0.4 is 15.0 Å². The van der Waals surface area contributed by atoms with E-state index in [9.17, 15) is 24.3 Å². The molecule has 0 saturated heterocycles. The number of ketones is 1. The fourth-order valence-electron chi connectivity index (χ4n) is 1.76. The van der Waals surface area contributed by atoms with Crippen LogP contribution in [0.1, 0.15) is 30.6 Å². The third-order valence-electron chi connectivity index (χ3n) is 2.86. The number of pyridine rings is 1. The minimum atomic E-state index is -0.954. The van der Waals surface area contributed by atoms with Gasteiger partial charge in [0, 0.05) is 5.92 Å². The Morgan fingerprint density at radius 3 is 2.50 bits per heavy atom. The third kappa shape index (κ3) is 3.60. The average molecular weight is 309 g/mol. The standard InChI is InChI=1S/C14H15NO7/c1-3-4-5-8(2)10(18)9-11(19)12(21-6-16)14(22-7-17)15-13(9)20/h3-4,6-8H,5H2,1-2H3,(H2,15,19,20)/b4-3+. The van der Waals surface area contributed by atoms with Crippen molar-refractivity contribution in [3.05, 3.63) is 28.1 Å². The molecule has 1 atom stereocenters. The second-order valence-electron chi connectivity index (χ2n) is 4.33. The topological polar surface area (TPSA) is 123 Å². The van der Waals surface area contributed by atoms with Crippen molar-refractivity contribution in [3.8, 4) is 17.4 Å². The van der Waals surface area contributed by atoms with Gasteiger partial charge in [0.1, 0.15) is 5.56 Å². The van der Waals surface area contributed by atoms with Crippen molar-refractivity contribution in [3.63, 3.8) is 0 Å². The molecule has 0 aliphatic carbocycles. The number of carbonyl (C=O) groups excluding carboxylic acids is 3. The van der Waals surface area contributed by atoms with Crippen molar-refractivity contribution in [2.24, 2.45) is 5.92 Å². The summed E-state index contributed by atoms with van der Waals surface area (Å²) in [5.74, 6) is -3.24. The van der Waals surface area contributed by atoms with Crippen molar-refractivity contribution in [2.75, 3.05) is 0 Å². The molecule has 0 bridgehead atoms. The Morgan fingerprint density at radius 1 is 1.32 bits per heavy atom. The van der Waals surface area contributed by atoms with Crippen molar-refractivity contribution in [1.82, 2.24) is 4.98 Å². The molecule has 1 aromatic rings. The second-order valence-corrected chi connectivity index (χ2v) is 4.33. The monoisotopic (exact) mass is 309 g/mol. The van der Waals surface area contributed by atoms with Crippen LogP contribution in [0.5, 0.6) is 17.4 Å². The van der Waals surface area contributed by atoms with Crippen LogP contribution in [0, 0.1) is 5.92 Å². The van der Waals surface area contributed by atoms with E-state index in [-0.39, 0.29) is 12.9 Å². The Balaban J connectivity index is 3.39. The van der Waals surface area contributed by atoms with E-state index in [1.807, 2.05) is 0 Å². The summed E-state index contributed by atoms with van der Waals surface area (Å²) in [5.41, 5.74) is -1.52. The van der Waals surface area contributed by atoms with Crippen LogP contribution in [0.4, 0.5) is 0 Å². The fraction of sp³-hybridized carbons (Fsp3) is 0.286. The Labute approximate surface area is 125 Å². The highest BCUT2D eigenvalue weighted by atomic mass is 16.6. The van der Waals surface area contributed by atoms with Gasteiger partial charge in [0.2, 0.25) is 5.75 Å². The van der Waals surface area contributed by atoms with Gasteiger partial charge in [0.25, 0.3) is 24.4 Å². The van der Waals surface area contributed by atoms with Crippen LogP contribution in [0.2, 0.25) is 0 Å². The molecule has 0 amide bonds. The van der Waals surface area contributed by atoms with Crippen molar-refractivity contribution in [2.45, 2.75) is 20.3 Å². The number of nitrogens with one attached hydrogen (secondary N) is 1. The van der Waals surface area contributed by atoms with E-state index in [2.05, 4.69) is 14.5 Å².